The van der Waals surface area contributed by atoms with Gasteiger partial charge in [0.05, 0.1) is 6.61 Å². The molecule has 0 unspecified atom stereocenters. The van der Waals surface area contributed by atoms with Gasteiger partial charge < -0.3 is 4.74 Å². The molecule has 0 atom stereocenters. The first kappa shape index (κ1) is 25.4. The van der Waals surface area contributed by atoms with Crippen LogP contribution in [-0.4, -0.2) is 16.8 Å². The molecule has 0 amide bonds. The van der Waals surface area contributed by atoms with Crippen LogP contribution in [0.3, 0.4) is 0 Å². The number of rotatable bonds is 16. The number of hydrogen-bond acceptors (Lipinski definition) is 4. The molecular weight excluding hydrogens is 424 g/mol. The molecular formula is C29H40N2OS. The van der Waals surface area contributed by atoms with E-state index in [9.17, 15) is 0 Å². The van der Waals surface area contributed by atoms with Crippen LogP contribution in [0.1, 0.15) is 90.0 Å². The Morgan fingerprint density at radius 2 is 1.12 bits per heavy atom. The molecule has 178 valence electrons. The van der Waals surface area contributed by atoms with Crippen molar-refractivity contribution in [3.63, 3.8) is 0 Å². The minimum Gasteiger partial charge on any atom is -0.494 e. The van der Waals surface area contributed by atoms with Gasteiger partial charge in [0.2, 0.25) is 0 Å². The highest BCUT2D eigenvalue weighted by molar-refractivity contribution is 7.17. The normalized spacial score (nSPS) is 11.1. The molecule has 1 aromatic heterocycles. The zero-order valence-corrected chi connectivity index (χ0v) is 21.3. The fourth-order valence-electron chi connectivity index (χ4n) is 3.97. The quantitative estimate of drug-likeness (QED) is 0.198. The topological polar surface area (TPSA) is 35.0 Å². The van der Waals surface area contributed by atoms with Crippen LogP contribution in [-0.2, 0) is 6.42 Å². The lowest BCUT2D eigenvalue weighted by atomic mass is 10.0. The summed E-state index contributed by atoms with van der Waals surface area (Å²) in [5, 5.41) is 10.8. The van der Waals surface area contributed by atoms with Gasteiger partial charge in [0, 0.05) is 11.1 Å². The second kappa shape index (κ2) is 14.8. The lowest BCUT2D eigenvalue weighted by molar-refractivity contribution is 0.304. The summed E-state index contributed by atoms with van der Waals surface area (Å²) in [5.74, 6) is 0.934. The molecule has 3 aromatic rings. The van der Waals surface area contributed by atoms with Crippen molar-refractivity contribution in [3.05, 3.63) is 54.1 Å². The maximum absolute atomic E-state index is 5.92. The second-order valence-electron chi connectivity index (χ2n) is 8.91. The van der Waals surface area contributed by atoms with Crippen LogP contribution in [0.5, 0.6) is 5.75 Å². The molecule has 4 heteroatoms. The zero-order chi connectivity index (χ0) is 23.1. The van der Waals surface area contributed by atoms with Crippen LogP contribution in [0.4, 0.5) is 0 Å². The molecule has 0 aliphatic carbocycles. The number of benzene rings is 2. The molecule has 0 aliphatic heterocycles. The van der Waals surface area contributed by atoms with E-state index in [0.717, 1.165) is 46.3 Å². The zero-order valence-electron chi connectivity index (χ0n) is 20.5. The van der Waals surface area contributed by atoms with Crippen molar-refractivity contribution in [2.45, 2.75) is 90.9 Å². The Hall–Kier alpha value is -2.20. The van der Waals surface area contributed by atoms with Crippen molar-refractivity contribution < 1.29 is 4.74 Å². The van der Waals surface area contributed by atoms with E-state index in [1.165, 1.54) is 69.8 Å². The van der Waals surface area contributed by atoms with E-state index >= 15 is 0 Å². The van der Waals surface area contributed by atoms with Crippen molar-refractivity contribution in [2.24, 2.45) is 0 Å². The van der Waals surface area contributed by atoms with E-state index in [0.29, 0.717) is 0 Å². The predicted molar refractivity (Wildman–Crippen MR) is 142 cm³/mol. The first-order valence-corrected chi connectivity index (χ1v) is 13.8. The van der Waals surface area contributed by atoms with Crippen molar-refractivity contribution in [2.75, 3.05) is 6.61 Å². The molecule has 0 bridgehead atoms. The van der Waals surface area contributed by atoms with Gasteiger partial charge in [-0.1, -0.05) is 107 Å². The van der Waals surface area contributed by atoms with Crippen LogP contribution in [0.25, 0.3) is 21.1 Å². The van der Waals surface area contributed by atoms with Crippen LogP contribution < -0.4 is 4.74 Å². The minimum absolute atomic E-state index is 0.796. The molecule has 33 heavy (non-hydrogen) atoms. The van der Waals surface area contributed by atoms with Gasteiger partial charge in [-0.15, -0.1) is 10.2 Å². The van der Waals surface area contributed by atoms with Gasteiger partial charge in [-0.25, -0.2) is 0 Å². The van der Waals surface area contributed by atoms with E-state index in [2.05, 4.69) is 60.4 Å². The Balaban J connectivity index is 1.44. The van der Waals surface area contributed by atoms with Crippen LogP contribution in [0.2, 0.25) is 0 Å². The Kier molecular flexibility index (Phi) is 11.4. The average Bonchev–Trinajstić information content (AvgIpc) is 3.35. The third kappa shape index (κ3) is 8.92. The van der Waals surface area contributed by atoms with Crippen LogP contribution in [0, 0.1) is 0 Å². The van der Waals surface area contributed by atoms with Crippen molar-refractivity contribution in [3.8, 4) is 26.9 Å². The van der Waals surface area contributed by atoms with Gasteiger partial charge >= 0.3 is 0 Å². The van der Waals surface area contributed by atoms with Crippen molar-refractivity contribution in [1.29, 1.82) is 0 Å². The summed E-state index contributed by atoms with van der Waals surface area (Å²) >= 11 is 1.64. The highest BCUT2D eigenvalue weighted by Crippen LogP contribution is 2.31. The Morgan fingerprint density at radius 1 is 0.606 bits per heavy atom. The number of unbranched alkanes of at least 4 members (excludes halogenated alkanes) is 9. The monoisotopic (exact) mass is 464 g/mol. The third-order valence-corrected chi connectivity index (χ3v) is 7.08. The first-order valence-electron chi connectivity index (χ1n) is 13.0. The van der Waals surface area contributed by atoms with Gasteiger partial charge in [0.1, 0.15) is 15.8 Å². The minimum atomic E-state index is 0.796. The summed E-state index contributed by atoms with van der Waals surface area (Å²) in [6, 6.07) is 17.1. The van der Waals surface area contributed by atoms with Gasteiger partial charge in [-0.3, -0.25) is 0 Å². The largest absolute Gasteiger partial charge is 0.494 e. The molecule has 3 rings (SSSR count). The maximum atomic E-state index is 5.92. The fraction of sp³-hybridized carbons (Fsp3) is 0.517. The van der Waals surface area contributed by atoms with Gasteiger partial charge in [0.25, 0.3) is 0 Å². The number of hydrogen-bond donors (Lipinski definition) is 0. The molecule has 0 fully saturated rings. The van der Waals surface area contributed by atoms with E-state index < -0.39 is 0 Å². The van der Waals surface area contributed by atoms with Crippen molar-refractivity contribution >= 4 is 11.3 Å². The van der Waals surface area contributed by atoms with Crippen LogP contribution >= 0.6 is 11.3 Å². The van der Waals surface area contributed by atoms with Gasteiger partial charge in [-0.05, 0) is 49.1 Å². The van der Waals surface area contributed by atoms with E-state index in [-0.39, 0.29) is 0 Å². The van der Waals surface area contributed by atoms with Gasteiger partial charge in [-0.2, -0.15) is 0 Å². The first-order chi connectivity index (χ1) is 16.3. The average molecular weight is 465 g/mol. The smallest absolute Gasteiger partial charge is 0.148 e. The molecule has 1 heterocycles. The van der Waals surface area contributed by atoms with Gasteiger partial charge in [0.15, 0.2) is 0 Å². The standard InChI is InChI=1S/C29H40N2OS/c1-3-5-7-9-10-11-13-23-32-27-21-19-26(20-22-27)29-31-30-28(33-29)25-17-15-24(16-18-25)14-12-8-6-4-2/h15-22H,3-14,23H2,1-2H3. The summed E-state index contributed by atoms with van der Waals surface area (Å²) in [6.07, 6.45) is 15.5. The van der Waals surface area contributed by atoms with E-state index in [4.69, 9.17) is 4.74 Å². The summed E-state index contributed by atoms with van der Waals surface area (Å²) in [5.41, 5.74) is 3.65. The second-order valence-corrected chi connectivity index (χ2v) is 9.89. The number of aromatic nitrogens is 2. The maximum Gasteiger partial charge on any atom is 0.148 e. The Morgan fingerprint density at radius 3 is 1.73 bits per heavy atom. The molecule has 0 N–H and O–H groups in total. The highest BCUT2D eigenvalue weighted by Gasteiger charge is 2.09. The summed E-state index contributed by atoms with van der Waals surface area (Å²) in [7, 11) is 0. The lowest BCUT2D eigenvalue weighted by Crippen LogP contribution is -1.97. The molecule has 3 nitrogen and oxygen atoms in total. The molecule has 0 saturated heterocycles. The lowest BCUT2D eigenvalue weighted by Gasteiger charge is -2.06. The van der Waals surface area contributed by atoms with E-state index in [1.807, 2.05) is 12.1 Å². The van der Waals surface area contributed by atoms with Crippen molar-refractivity contribution in [1.82, 2.24) is 10.2 Å². The predicted octanol–water partition coefficient (Wildman–Crippen LogP) is 9.12. The summed E-state index contributed by atoms with van der Waals surface area (Å²) in [4.78, 5) is 0. The van der Waals surface area contributed by atoms with E-state index in [1.54, 1.807) is 11.3 Å². The summed E-state index contributed by atoms with van der Waals surface area (Å²) in [6.45, 7) is 5.31. The fourth-order valence-corrected chi connectivity index (χ4v) is 4.82. The molecule has 0 radical (unpaired) electrons. The molecule has 0 saturated carbocycles. The highest BCUT2D eigenvalue weighted by atomic mass is 32.1. The third-order valence-electron chi connectivity index (χ3n) is 6.06. The number of ether oxygens (including phenoxy) is 1. The van der Waals surface area contributed by atoms with Crippen LogP contribution in [0.15, 0.2) is 48.5 Å². The molecule has 0 aliphatic rings. The number of aryl methyl sites for hydroxylation is 1. The molecule has 2 aromatic carbocycles. The Bertz CT molecular complexity index is 902. The molecule has 0 spiro atoms. The SMILES string of the molecule is CCCCCCCCCOc1ccc(-c2nnc(-c3ccc(CCCCCC)cc3)s2)cc1. The summed E-state index contributed by atoms with van der Waals surface area (Å²) < 4.78 is 5.92. The number of nitrogens with zero attached hydrogens (tertiary/aromatic N) is 2. The Labute approximate surface area is 204 Å².